The molecule has 3 rings (SSSR count). The minimum absolute atomic E-state index is 0.0138. The van der Waals surface area contributed by atoms with Crippen molar-refractivity contribution in [3.8, 4) is 5.75 Å². The summed E-state index contributed by atoms with van der Waals surface area (Å²) in [7, 11) is 0. The van der Waals surface area contributed by atoms with Gasteiger partial charge in [-0.2, -0.15) is 0 Å². The van der Waals surface area contributed by atoms with Gasteiger partial charge in [0.2, 0.25) is 0 Å². The highest BCUT2D eigenvalue weighted by atomic mass is 16.5. The number of carbonyl (C=O) groups excluding carboxylic acids is 1. The van der Waals surface area contributed by atoms with Gasteiger partial charge in [0.05, 0.1) is 5.52 Å². The van der Waals surface area contributed by atoms with E-state index in [0.717, 1.165) is 33.6 Å². The Morgan fingerprint density at radius 2 is 1.73 bits per heavy atom. The van der Waals surface area contributed by atoms with Crippen molar-refractivity contribution in [2.45, 2.75) is 13.8 Å². The van der Waals surface area contributed by atoms with Crippen LogP contribution in [0.4, 0.5) is 5.82 Å². The Morgan fingerprint density at radius 1 is 0.962 bits per heavy atom. The fourth-order valence-electron chi connectivity index (χ4n) is 2.77. The van der Waals surface area contributed by atoms with Gasteiger partial charge in [-0.25, -0.2) is 4.98 Å². The molecular formula is C21H23N3O2. The lowest BCUT2D eigenvalue weighted by Crippen LogP contribution is -2.32. The first-order chi connectivity index (χ1) is 12.6. The first kappa shape index (κ1) is 17.7. The van der Waals surface area contributed by atoms with Crippen LogP contribution in [-0.2, 0) is 4.79 Å². The highest BCUT2D eigenvalue weighted by Gasteiger charge is 2.06. The maximum Gasteiger partial charge on any atom is 0.258 e. The van der Waals surface area contributed by atoms with Gasteiger partial charge in [-0.15, -0.1) is 0 Å². The SMILES string of the molecule is Cc1cccc(C)c1OCC(=O)NCCNc1ccc2ccccc2n1. The van der Waals surface area contributed by atoms with Crippen LogP contribution >= 0.6 is 0 Å². The molecule has 3 aromatic rings. The minimum Gasteiger partial charge on any atom is -0.483 e. The van der Waals surface area contributed by atoms with Crippen molar-refractivity contribution < 1.29 is 9.53 Å². The number of rotatable bonds is 7. The Morgan fingerprint density at radius 3 is 2.54 bits per heavy atom. The summed E-state index contributed by atoms with van der Waals surface area (Å²) in [6.45, 7) is 5.06. The molecule has 0 radical (unpaired) electrons. The summed E-state index contributed by atoms with van der Waals surface area (Å²) in [5, 5.41) is 7.17. The molecule has 0 aliphatic rings. The van der Waals surface area contributed by atoms with Gasteiger partial charge >= 0.3 is 0 Å². The van der Waals surface area contributed by atoms with E-state index < -0.39 is 0 Å². The molecule has 5 nitrogen and oxygen atoms in total. The number of amides is 1. The van der Waals surface area contributed by atoms with Gasteiger partial charge in [0.1, 0.15) is 11.6 Å². The number of aryl methyl sites for hydroxylation is 2. The summed E-state index contributed by atoms with van der Waals surface area (Å²) in [6.07, 6.45) is 0. The van der Waals surface area contributed by atoms with Crippen LogP contribution in [0.25, 0.3) is 10.9 Å². The number of nitrogens with zero attached hydrogens (tertiary/aromatic N) is 1. The summed E-state index contributed by atoms with van der Waals surface area (Å²) in [5.41, 5.74) is 3.01. The van der Waals surface area contributed by atoms with Gasteiger partial charge in [0.15, 0.2) is 6.61 Å². The Labute approximate surface area is 153 Å². The van der Waals surface area contributed by atoms with Crippen molar-refractivity contribution >= 4 is 22.6 Å². The van der Waals surface area contributed by atoms with Crippen molar-refractivity contribution in [1.29, 1.82) is 0 Å². The molecule has 0 atom stereocenters. The molecule has 0 bridgehead atoms. The quantitative estimate of drug-likeness (QED) is 0.641. The molecule has 1 aromatic heterocycles. The maximum absolute atomic E-state index is 11.9. The van der Waals surface area contributed by atoms with Crippen LogP contribution < -0.4 is 15.4 Å². The number of hydrogen-bond acceptors (Lipinski definition) is 4. The van der Waals surface area contributed by atoms with E-state index in [1.165, 1.54) is 0 Å². The van der Waals surface area contributed by atoms with Crippen molar-refractivity contribution in [3.63, 3.8) is 0 Å². The second-order valence-electron chi connectivity index (χ2n) is 6.18. The van der Waals surface area contributed by atoms with E-state index in [1.807, 2.05) is 68.4 Å². The molecule has 0 unspecified atom stereocenters. The van der Waals surface area contributed by atoms with E-state index in [9.17, 15) is 4.79 Å². The molecule has 0 spiro atoms. The smallest absolute Gasteiger partial charge is 0.258 e. The number of pyridine rings is 1. The van der Waals surface area contributed by atoms with Crippen LogP contribution in [0.5, 0.6) is 5.75 Å². The van der Waals surface area contributed by atoms with Gasteiger partial charge < -0.3 is 15.4 Å². The molecule has 2 N–H and O–H groups in total. The van der Waals surface area contributed by atoms with Crippen LogP contribution in [0, 0.1) is 13.8 Å². The van der Waals surface area contributed by atoms with Crippen molar-refractivity contribution in [2.24, 2.45) is 0 Å². The predicted molar refractivity (Wildman–Crippen MR) is 105 cm³/mol. The Kier molecular flexibility index (Phi) is 5.69. The fraction of sp³-hybridized carbons (Fsp3) is 0.238. The lowest BCUT2D eigenvalue weighted by molar-refractivity contribution is -0.123. The highest BCUT2D eigenvalue weighted by molar-refractivity contribution is 5.80. The molecule has 2 aromatic carbocycles. The third-order valence-corrected chi connectivity index (χ3v) is 4.11. The largest absolute Gasteiger partial charge is 0.483 e. The van der Waals surface area contributed by atoms with E-state index in [4.69, 9.17) is 4.74 Å². The van der Waals surface area contributed by atoms with Crippen molar-refractivity contribution in [3.05, 3.63) is 65.7 Å². The number of benzene rings is 2. The average Bonchev–Trinajstić information content (AvgIpc) is 2.65. The van der Waals surface area contributed by atoms with Crippen molar-refractivity contribution in [1.82, 2.24) is 10.3 Å². The molecule has 1 heterocycles. The fourth-order valence-corrected chi connectivity index (χ4v) is 2.77. The lowest BCUT2D eigenvalue weighted by Gasteiger charge is -2.12. The van der Waals surface area contributed by atoms with Gasteiger partial charge in [-0.3, -0.25) is 4.79 Å². The molecule has 0 aliphatic carbocycles. The second-order valence-corrected chi connectivity index (χ2v) is 6.18. The van der Waals surface area contributed by atoms with Crippen LogP contribution in [0.2, 0.25) is 0 Å². The van der Waals surface area contributed by atoms with Crippen LogP contribution in [0.15, 0.2) is 54.6 Å². The molecule has 0 aliphatic heterocycles. The van der Waals surface area contributed by atoms with Crippen molar-refractivity contribution in [2.75, 3.05) is 25.0 Å². The Hall–Kier alpha value is -3.08. The molecule has 0 fully saturated rings. The summed E-state index contributed by atoms with van der Waals surface area (Å²) in [5.74, 6) is 1.44. The van der Waals surface area contributed by atoms with Crippen LogP contribution in [0.3, 0.4) is 0 Å². The number of anilines is 1. The van der Waals surface area contributed by atoms with Gasteiger partial charge in [-0.1, -0.05) is 36.4 Å². The zero-order chi connectivity index (χ0) is 18.4. The van der Waals surface area contributed by atoms with Gasteiger partial charge in [-0.05, 0) is 43.2 Å². The van der Waals surface area contributed by atoms with E-state index in [0.29, 0.717) is 13.1 Å². The molecule has 0 saturated heterocycles. The minimum atomic E-state index is -0.138. The number of para-hydroxylation sites is 2. The Bertz CT molecular complexity index is 888. The predicted octanol–water partition coefficient (Wildman–Crippen LogP) is 3.46. The third kappa shape index (κ3) is 4.51. The number of hydrogen-bond donors (Lipinski definition) is 2. The molecular weight excluding hydrogens is 326 g/mol. The average molecular weight is 349 g/mol. The molecule has 26 heavy (non-hydrogen) atoms. The summed E-state index contributed by atoms with van der Waals surface area (Å²) in [4.78, 5) is 16.5. The molecule has 1 amide bonds. The zero-order valence-corrected chi connectivity index (χ0v) is 15.1. The normalized spacial score (nSPS) is 10.5. The number of carbonyl (C=O) groups is 1. The van der Waals surface area contributed by atoms with Gasteiger partial charge in [0.25, 0.3) is 5.91 Å². The number of ether oxygens (including phenoxy) is 1. The topological polar surface area (TPSA) is 63.2 Å². The number of nitrogens with one attached hydrogen (secondary N) is 2. The molecule has 134 valence electrons. The number of fused-ring (bicyclic) bond motifs is 1. The Balaban J connectivity index is 1.42. The van der Waals surface area contributed by atoms with Gasteiger partial charge in [0, 0.05) is 18.5 Å². The first-order valence-corrected chi connectivity index (χ1v) is 8.69. The standard InChI is InChI=1S/C21H23N3O2/c1-15-6-5-7-16(2)21(15)26-14-20(25)23-13-12-22-19-11-10-17-8-3-4-9-18(17)24-19/h3-11H,12-14H2,1-2H3,(H,22,24)(H,23,25). The third-order valence-electron chi connectivity index (χ3n) is 4.11. The maximum atomic E-state index is 11.9. The first-order valence-electron chi connectivity index (χ1n) is 8.69. The van der Waals surface area contributed by atoms with E-state index in [-0.39, 0.29) is 12.5 Å². The summed E-state index contributed by atoms with van der Waals surface area (Å²) in [6, 6.07) is 17.9. The molecule has 0 saturated carbocycles. The van der Waals surface area contributed by atoms with E-state index in [1.54, 1.807) is 0 Å². The number of aromatic nitrogens is 1. The zero-order valence-electron chi connectivity index (χ0n) is 15.1. The van der Waals surface area contributed by atoms with Crippen LogP contribution in [0.1, 0.15) is 11.1 Å². The van der Waals surface area contributed by atoms with Crippen LogP contribution in [-0.4, -0.2) is 30.6 Å². The molecule has 5 heteroatoms. The van der Waals surface area contributed by atoms with E-state index >= 15 is 0 Å². The second kappa shape index (κ2) is 8.34. The lowest BCUT2D eigenvalue weighted by atomic mass is 10.1. The van der Waals surface area contributed by atoms with E-state index in [2.05, 4.69) is 15.6 Å². The summed E-state index contributed by atoms with van der Waals surface area (Å²) < 4.78 is 5.65. The monoisotopic (exact) mass is 349 g/mol. The summed E-state index contributed by atoms with van der Waals surface area (Å²) >= 11 is 0. The highest BCUT2D eigenvalue weighted by Crippen LogP contribution is 2.22.